The molecule has 1 aromatic carbocycles. The van der Waals surface area contributed by atoms with E-state index in [1.165, 1.54) is 4.90 Å². The molecule has 0 saturated carbocycles. The molecule has 1 atom stereocenters. The zero-order valence-electron chi connectivity index (χ0n) is 15.9. The van der Waals surface area contributed by atoms with E-state index in [-0.39, 0.29) is 42.5 Å². The summed E-state index contributed by atoms with van der Waals surface area (Å²) in [7, 11) is 3.46. The Kier molecular flexibility index (Phi) is 9.47. The lowest BCUT2D eigenvalue weighted by molar-refractivity contribution is -0.127. The molecule has 0 aliphatic rings. The van der Waals surface area contributed by atoms with Crippen molar-refractivity contribution in [2.24, 2.45) is 4.99 Å². The lowest BCUT2D eigenvalue weighted by Crippen LogP contribution is -2.40. The van der Waals surface area contributed by atoms with Crippen molar-refractivity contribution < 1.29 is 9.21 Å². The molecule has 2 N–H and O–H groups in total. The van der Waals surface area contributed by atoms with Gasteiger partial charge in [0.2, 0.25) is 5.91 Å². The molecular formula is C19H29IN4O2. The maximum Gasteiger partial charge on any atom is 0.243 e. The van der Waals surface area contributed by atoms with E-state index in [0.29, 0.717) is 5.96 Å². The molecule has 0 aliphatic heterocycles. The highest BCUT2D eigenvalue weighted by Gasteiger charge is 2.13. The van der Waals surface area contributed by atoms with Gasteiger partial charge in [0, 0.05) is 26.0 Å². The van der Waals surface area contributed by atoms with Crippen LogP contribution in [-0.2, 0) is 4.79 Å². The Labute approximate surface area is 172 Å². The molecule has 1 unspecified atom stereocenters. The van der Waals surface area contributed by atoms with Crippen LogP contribution in [0.4, 0.5) is 0 Å². The maximum absolute atomic E-state index is 11.8. The molecule has 6 nitrogen and oxygen atoms in total. The van der Waals surface area contributed by atoms with Gasteiger partial charge in [-0.3, -0.25) is 4.79 Å². The van der Waals surface area contributed by atoms with Crippen LogP contribution in [0.15, 0.2) is 39.7 Å². The van der Waals surface area contributed by atoms with E-state index in [2.05, 4.69) is 22.5 Å². The van der Waals surface area contributed by atoms with Gasteiger partial charge in [0.1, 0.15) is 17.9 Å². The van der Waals surface area contributed by atoms with Crippen molar-refractivity contribution in [3.8, 4) is 0 Å². The number of fused-ring (bicyclic) bond motifs is 1. The topological polar surface area (TPSA) is 69.9 Å². The van der Waals surface area contributed by atoms with Crippen LogP contribution in [0.2, 0.25) is 0 Å². The Bertz CT molecular complexity index is 694. The molecule has 144 valence electrons. The fourth-order valence-electron chi connectivity index (χ4n) is 2.32. The van der Waals surface area contributed by atoms with Crippen LogP contribution in [-0.4, -0.2) is 44.0 Å². The smallest absolute Gasteiger partial charge is 0.243 e. The SMILES string of the molecule is CCCCNC(=NCC(=O)N(C)C)NC(C)c1cc2ccccc2o1.I. The van der Waals surface area contributed by atoms with Crippen molar-refractivity contribution >= 4 is 46.8 Å². The number of benzene rings is 1. The first-order valence-electron chi connectivity index (χ1n) is 8.74. The van der Waals surface area contributed by atoms with Gasteiger partial charge in [0.25, 0.3) is 0 Å². The van der Waals surface area contributed by atoms with Crippen molar-refractivity contribution in [1.29, 1.82) is 0 Å². The second-order valence-electron chi connectivity index (χ2n) is 6.29. The number of hydrogen-bond acceptors (Lipinski definition) is 3. The normalized spacial score (nSPS) is 12.4. The van der Waals surface area contributed by atoms with Crippen LogP contribution in [0.5, 0.6) is 0 Å². The van der Waals surface area contributed by atoms with Crippen molar-refractivity contribution in [2.45, 2.75) is 32.7 Å². The van der Waals surface area contributed by atoms with Gasteiger partial charge in [-0.25, -0.2) is 4.99 Å². The van der Waals surface area contributed by atoms with Gasteiger partial charge in [0.15, 0.2) is 5.96 Å². The molecule has 0 fully saturated rings. The first-order valence-corrected chi connectivity index (χ1v) is 8.74. The van der Waals surface area contributed by atoms with E-state index in [1.54, 1.807) is 14.1 Å². The summed E-state index contributed by atoms with van der Waals surface area (Å²) in [6.45, 7) is 5.08. The van der Waals surface area contributed by atoms with E-state index in [0.717, 1.165) is 36.1 Å². The highest BCUT2D eigenvalue weighted by Crippen LogP contribution is 2.23. The van der Waals surface area contributed by atoms with E-state index in [4.69, 9.17) is 4.42 Å². The summed E-state index contributed by atoms with van der Waals surface area (Å²) in [6, 6.07) is 9.90. The van der Waals surface area contributed by atoms with Gasteiger partial charge in [-0.2, -0.15) is 0 Å². The molecule has 1 amide bonds. The van der Waals surface area contributed by atoms with Gasteiger partial charge in [-0.15, -0.1) is 24.0 Å². The largest absolute Gasteiger partial charge is 0.459 e. The molecular weight excluding hydrogens is 443 g/mol. The highest BCUT2D eigenvalue weighted by molar-refractivity contribution is 14.0. The third-order valence-electron chi connectivity index (χ3n) is 3.92. The number of nitrogens with zero attached hydrogens (tertiary/aromatic N) is 2. The van der Waals surface area contributed by atoms with Crippen LogP contribution in [0.3, 0.4) is 0 Å². The molecule has 2 aromatic rings. The first kappa shape index (κ1) is 22.3. The number of furan rings is 1. The number of amides is 1. The van der Waals surface area contributed by atoms with Gasteiger partial charge < -0.3 is 20.0 Å². The molecule has 0 aliphatic carbocycles. The third-order valence-corrected chi connectivity index (χ3v) is 3.92. The molecule has 0 saturated heterocycles. The predicted octanol–water partition coefficient (Wildman–Crippen LogP) is 3.54. The summed E-state index contributed by atoms with van der Waals surface area (Å²) >= 11 is 0. The Morgan fingerprint density at radius 3 is 2.69 bits per heavy atom. The summed E-state index contributed by atoms with van der Waals surface area (Å²) in [6.07, 6.45) is 2.14. The van der Waals surface area contributed by atoms with Crippen LogP contribution < -0.4 is 10.6 Å². The number of carbonyl (C=O) groups excluding carboxylic acids is 1. The molecule has 0 radical (unpaired) electrons. The number of carbonyl (C=O) groups is 1. The number of nitrogens with one attached hydrogen (secondary N) is 2. The van der Waals surface area contributed by atoms with Crippen LogP contribution in [0.1, 0.15) is 38.5 Å². The predicted molar refractivity (Wildman–Crippen MR) is 117 cm³/mol. The van der Waals surface area contributed by atoms with Crippen molar-refractivity contribution in [1.82, 2.24) is 15.5 Å². The Morgan fingerprint density at radius 1 is 1.31 bits per heavy atom. The van der Waals surface area contributed by atoms with E-state index in [9.17, 15) is 4.79 Å². The van der Waals surface area contributed by atoms with Crippen LogP contribution in [0, 0.1) is 0 Å². The van der Waals surface area contributed by atoms with Gasteiger partial charge in [-0.1, -0.05) is 31.5 Å². The Balaban J connectivity index is 0.00000338. The number of rotatable bonds is 7. The summed E-state index contributed by atoms with van der Waals surface area (Å²) in [5.41, 5.74) is 0.867. The highest BCUT2D eigenvalue weighted by atomic mass is 127. The Hall–Kier alpha value is -1.77. The first-order chi connectivity index (χ1) is 12.0. The second-order valence-corrected chi connectivity index (χ2v) is 6.29. The van der Waals surface area contributed by atoms with E-state index >= 15 is 0 Å². The minimum atomic E-state index is -0.0604. The molecule has 1 heterocycles. The number of para-hydroxylation sites is 1. The summed E-state index contributed by atoms with van der Waals surface area (Å²) in [5, 5.41) is 7.67. The standard InChI is InChI=1S/C19H28N4O2.HI/c1-5-6-11-20-19(21-13-18(24)23(3)4)22-14(2)17-12-15-9-7-8-10-16(15)25-17;/h7-10,12,14H,5-6,11,13H2,1-4H3,(H2,20,21,22);1H. The zero-order chi connectivity index (χ0) is 18.2. The van der Waals surface area contributed by atoms with Gasteiger partial charge in [0.05, 0.1) is 6.04 Å². The lowest BCUT2D eigenvalue weighted by Gasteiger charge is -2.17. The third kappa shape index (κ3) is 6.51. The lowest BCUT2D eigenvalue weighted by atomic mass is 10.2. The number of halogens is 1. The fraction of sp³-hybridized carbons (Fsp3) is 0.474. The molecule has 7 heteroatoms. The number of guanidine groups is 1. The fourth-order valence-corrected chi connectivity index (χ4v) is 2.32. The van der Waals surface area contributed by atoms with Gasteiger partial charge >= 0.3 is 0 Å². The number of unbranched alkanes of at least 4 members (excludes halogenated alkanes) is 1. The monoisotopic (exact) mass is 472 g/mol. The summed E-state index contributed by atoms with van der Waals surface area (Å²) < 4.78 is 5.90. The average molecular weight is 472 g/mol. The van der Waals surface area contributed by atoms with Crippen molar-refractivity contribution in [3.05, 3.63) is 36.1 Å². The Morgan fingerprint density at radius 2 is 2.04 bits per heavy atom. The quantitative estimate of drug-likeness (QED) is 0.280. The maximum atomic E-state index is 11.8. The molecule has 26 heavy (non-hydrogen) atoms. The van der Waals surface area contributed by atoms with Crippen LogP contribution >= 0.6 is 24.0 Å². The summed E-state index contributed by atoms with van der Waals surface area (Å²) in [4.78, 5) is 17.7. The van der Waals surface area contributed by atoms with E-state index in [1.807, 2.05) is 37.3 Å². The summed E-state index contributed by atoms with van der Waals surface area (Å²) in [5.74, 6) is 1.43. The minimum absolute atomic E-state index is 0. The average Bonchev–Trinajstić information content (AvgIpc) is 3.03. The number of hydrogen-bond donors (Lipinski definition) is 2. The molecule has 0 spiro atoms. The molecule has 1 aromatic heterocycles. The molecule has 0 bridgehead atoms. The zero-order valence-corrected chi connectivity index (χ0v) is 18.2. The van der Waals surface area contributed by atoms with Gasteiger partial charge in [-0.05, 0) is 25.5 Å². The minimum Gasteiger partial charge on any atom is -0.459 e. The van der Waals surface area contributed by atoms with E-state index < -0.39 is 0 Å². The number of likely N-dealkylation sites (N-methyl/N-ethyl adjacent to an activating group) is 1. The molecule has 2 rings (SSSR count). The van der Waals surface area contributed by atoms with Crippen molar-refractivity contribution in [3.63, 3.8) is 0 Å². The van der Waals surface area contributed by atoms with Crippen LogP contribution in [0.25, 0.3) is 11.0 Å². The number of aliphatic imine (C=N–C) groups is 1. The second kappa shape index (κ2) is 11.1. The van der Waals surface area contributed by atoms with Crippen molar-refractivity contribution in [2.75, 3.05) is 27.2 Å².